The van der Waals surface area contributed by atoms with Crippen molar-refractivity contribution in [1.82, 2.24) is 0 Å². The van der Waals surface area contributed by atoms with E-state index in [1.807, 2.05) is 0 Å². The fourth-order valence-corrected chi connectivity index (χ4v) is 11.5. The quantitative estimate of drug-likeness (QED) is 0.161. The fraction of sp³-hybridized carbons (Fsp3) is 0.143. The molecular formula is C63H51N. The Morgan fingerprint density at radius 3 is 1.05 bits per heavy atom. The third-order valence-electron chi connectivity index (χ3n) is 15.1. The van der Waals surface area contributed by atoms with Gasteiger partial charge in [-0.15, -0.1) is 0 Å². The van der Waals surface area contributed by atoms with Gasteiger partial charge >= 0.3 is 0 Å². The van der Waals surface area contributed by atoms with Gasteiger partial charge in [0, 0.05) is 33.3 Å². The molecule has 0 atom stereocenters. The molecule has 0 fully saturated rings. The second-order valence-electron chi connectivity index (χ2n) is 19.8. The van der Waals surface area contributed by atoms with E-state index in [0.29, 0.717) is 0 Å². The van der Waals surface area contributed by atoms with Gasteiger partial charge in [-0.3, -0.25) is 0 Å². The summed E-state index contributed by atoms with van der Waals surface area (Å²) in [4.78, 5) is 2.47. The molecule has 0 amide bonds. The van der Waals surface area contributed by atoms with Crippen LogP contribution in [0.5, 0.6) is 0 Å². The van der Waals surface area contributed by atoms with Crippen molar-refractivity contribution in [3.8, 4) is 66.8 Å². The van der Waals surface area contributed by atoms with Crippen LogP contribution in [0.25, 0.3) is 66.8 Å². The second kappa shape index (κ2) is 13.9. The van der Waals surface area contributed by atoms with Crippen molar-refractivity contribution in [2.75, 3.05) is 4.90 Å². The van der Waals surface area contributed by atoms with Crippen molar-refractivity contribution >= 4 is 17.1 Å². The Balaban J connectivity index is 0.989. The molecule has 9 aromatic carbocycles. The lowest BCUT2D eigenvalue weighted by Crippen LogP contribution is -2.17. The van der Waals surface area contributed by atoms with Gasteiger partial charge in [0.1, 0.15) is 0 Å². The molecule has 0 aromatic heterocycles. The van der Waals surface area contributed by atoms with Gasteiger partial charge in [0.25, 0.3) is 0 Å². The SMILES string of the molecule is CC1(C)c2ccccc2-c2ccc(-c3cccc(N(c4cccc(-c5ccc6c(c5)C(C)(C)c5ccccc5-6)c4)c4ccc5c(c4)C(C)(C)c4cc(-c6ccccc6)ccc4-5)c3)cc21. The van der Waals surface area contributed by atoms with Gasteiger partial charge in [-0.05, 0) is 155 Å². The lowest BCUT2D eigenvalue weighted by Gasteiger charge is -2.29. The van der Waals surface area contributed by atoms with E-state index in [9.17, 15) is 0 Å². The summed E-state index contributed by atoms with van der Waals surface area (Å²) in [7, 11) is 0. The maximum Gasteiger partial charge on any atom is 0.0467 e. The van der Waals surface area contributed by atoms with Crippen LogP contribution < -0.4 is 4.90 Å². The minimum atomic E-state index is -0.190. The molecule has 0 radical (unpaired) electrons. The van der Waals surface area contributed by atoms with Gasteiger partial charge in [-0.1, -0.05) is 187 Å². The molecule has 1 heteroatoms. The zero-order valence-corrected chi connectivity index (χ0v) is 37.5. The van der Waals surface area contributed by atoms with Crippen LogP contribution in [-0.4, -0.2) is 0 Å². The summed E-state index contributed by atoms with van der Waals surface area (Å²) in [5, 5.41) is 0. The topological polar surface area (TPSA) is 3.24 Å². The van der Waals surface area contributed by atoms with E-state index in [1.54, 1.807) is 0 Å². The second-order valence-corrected chi connectivity index (χ2v) is 19.8. The van der Waals surface area contributed by atoms with E-state index in [4.69, 9.17) is 0 Å². The largest absolute Gasteiger partial charge is 0.310 e. The zero-order chi connectivity index (χ0) is 43.5. The van der Waals surface area contributed by atoms with Crippen LogP contribution >= 0.6 is 0 Å². The average molecular weight is 822 g/mol. The van der Waals surface area contributed by atoms with Crippen molar-refractivity contribution in [2.45, 2.75) is 57.8 Å². The Morgan fingerprint density at radius 2 is 0.562 bits per heavy atom. The molecule has 308 valence electrons. The Morgan fingerprint density at radius 1 is 0.234 bits per heavy atom. The third kappa shape index (κ3) is 5.70. The molecule has 0 aliphatic heterocycles. The highest BCUT2D eigenvalue weighted by molar-refractivity contribution is 5.90. The van der Waals surface area contributed by atoms with Gasteiger partial charge in [-0.25, -0.2) is 0 Å². The van der Waals surface area contributed by atoms with Gasteiger partial charge in [0.05, 0.1) is 0 Å². The number of anilines is 3. The number of nitrogens with zero attached hydrogens (tertiary/aromatic N) is 1. The molecule has 0 bridgehead atoms. The van der Waals surface area contributed by atoms with Crippen molar-refractivity contribution in [2.24, 2.45) is 0 Å². The molecule has 0 saturated carbocycles. The van der Waals surface area contributed by atoms with E-state index >= 15 is 0 Å². The first-order valence-corrected chi connectivity index (χ1v) is 22.8. The Hall–Kier alpha value is -7.22. The van der Waals surface area contributed by atoms with Crippen LogP contribution in [0.15, 0.2) is 200 Å². The molecule has 0 N–H and O–H groups in total. The lowest BCUT2D eigenvalue weighted by molar-refractivity contribution is 0.660. The van der Waals surface area contributed by atoms with E-state index in [-0.39, 0.29) is 16.2 Å². The van der Waals surface area contributed by atoms with Crippen LogP contribution in [0.3, 0.4) is 0 Å². The smallest absolute Gasteiger partial charge is 0.0467 e. The first-order chi connectivity index (χ1) is 31.0. The molecule has 0 spiro atoms. The molecule has 0 unspecified atom stereocenters. The summed E-state index contributed by atoms with van der Waals surface area (Å²) in [6.45, 7) is 14.2. The maximum absolute atomic E-state index is 2.47. The molecule has 12 rings (SSSR count). The zero-order valence-electron chi connectivity index (χ0n) is 37.5. The van der Waals surface area contributed by atoms with E-state index < -0.39 is 0 Å². The van der Waals surface area contributed by atoms with Crippen LogP contribution in [0.4, 0.5) is 17.1 Å². The normalized spacial score (nSPS) is 15.1. The molecule has 3 aliphatic rings. The van der Waals surface area contributed by atoms with Crippen LogP contribution in [0.2, 0.25) is 0 Å². The van der Waals surface area contributed by atoms with Crippen LogP contribution in [-0.2, 0) is 16.2 Å². The number of hydrogen-bond acceptors (Lipinski definition) is 1. The van der Waals surface area contributed by atoms with Gasteiger partial charge in [0.15, 0.2) is 0 Å². The predicted molar refractivity (Wildman–Crippen MR) is 270 cm³/mol. The minimum Gasteiger partial charge on any atom is -0.310 e. The Bertz CT molecular complexity index is 3210. The van der Waals surface area contributed by atoms with Crippen molar-refractivity contribution < 1.29 is 0 Å². The summed E-state index contributed by atoms with van der Waals surface area (Å²) in [5.74, 6) is 0. The first-order valence-electron chi connectivity index (χ1n) is 22.8. The van der Waals surface area contributed by atoms with Gasteiger partial charge in [0.2, 0.25) is 0 Å². The van der Waals surface area contributed by atoms with Crippen LogP contribution in [0, 0.1) is 0 Å². The predicted octanol–water partition coefficient (Wildman–Crippen LogP) is 17.1. The summed E-state index contributed by atoms with van der Waals surface area (Å²) in [6, 6.07) is 75.3. The highest BCUT2D eigenvalue weighted by Crippen LogP contribution is 2.54. The third-order valence-corrected chi connectivity index (χ3v) is 15.1. The lowest BCUT2D eigenvalue weighted by atomic mass is 9.81. The minimum absolute atomic E-state index is 0.0712. The van der Waals surface area contributed by atoms with Crippen LogP contribution in [0.1, 0.15) is 74.9 Å². The van der Waals surface area contributed by atoms with E-state index in [1.165, 1.54) is 100 Å². The first kappa shape index (κ1) is 38.5. The van der Waals surface area contributed by atoms with Crippen molar-refractivity contribution in [3.05, 3.63) is 234 Å². The van der Waals surface area contributed by atoms with Crippen molar-refractivity contribution in [3.63, 3.8) is 0 Å². The average Bonchev–Trinajstić information content (AvgIpc) is 3.81. The van der Waals surface area contributed by atoms with Gasteiger partial charge < -0.3 is 4.90 Å². The van der Waals surface area contributed by atoms with E-state index in [0.717, 1.165) is 17.1 Å². The molecule has 1 nitrogen and oxygen atoms in total. The summed E-state index contributed by atoms with van der Waals surface area (Å²) in [5.41, 5.74) is 26.8. The van der Waals surface area contributed by atoms with E-state index in [2.05, 4.69) is 247 Å². The number of rotatable bonds is 6. The summed E-state index contributed by atoms with van der Waals surface area (Å²) in [6.07, 6.45) is 0. The standard InChI is InChI=1S/C63H51N/c1-61(2)55-24-12-10-22-49(55)51-31-27-44(37-57(51)61)41-18-14-20-46(34-41)64(47-21-15-19-42(35-47)45-28-32-52-50-23-11-13-25-56(50)62(3,4)58(52)38-45)48-29-33-54-53-30-26-43(40-16-8-7-9-17-40)36-59(53)63(5,6)60(54)39-48/h7-39H,1-6H3. The van der Waals surface area contributed by atoms with Crippen molar-refractivity contribution in [1.29, 1.82) is 0 Å². The Kier molecular flexibility index (Phi) is 8.35. The molecule has 3 aliphatic carbocycles. The number of fused-ring (bicyclic) bond motifs is 9. The monoisotopic (exact) mass is 821 g/mol. The number of benzene rings is 9. The highest BCUT2D eigenvalue weighted by atomic mass is 15.1. The fourth-order valence-electron chi connectivity index (χ4n) is 11.5. The summed E-state index contributed by atoms with van der Waals surface area (Å²) >= 11 is 0. The molecule has 9 aromatic rings. The molecular weight excluding hydrogens is 771 g/mol. The summed E-state index contributed by atoms with van der Waals surface area (Å²) < 4.78 is 0. The molecule has 0 heterocycles. The van der Waals surface area contributed by atoms with Gasteiger partial charge in [-0.2, -0.15) is 0 Å². The molecule has 64 heavy (non-hydrogen) atoms. The maximum atomic E-state index is 2.47. The highest BCUT2D eigenvalue weighted by Gasteiger charge is 2.38. The Labute approximate surface area is 378 Å². The molecule has 0 saturated heterocycles. The number of hydrogen-bond donors (Lipinski definition) is 0.